The highest BCUT2D eigenvalue weighted by atomic mass is 16.7. The minimum absolute atomic E-state index is 0.0452. The molecule has 1 aliphatic carbocycles. The number of nitrogens with zero attached hydrogens (tertiary/aromatic N) is 1. The Morgan fingerprint density at radius 3 is 3.23 bits per heavy atom. The van der Waals surface area contributed by atoms with Crippen molar-refractivity contribution in [3.8, 4) is 0 Å². The fourth-order valence-corrected chi connectivity index (χ4v) is 1.98. The Labute approximate surface area is 75.2 Å². The van der Waals surface area contributed by atoms with Gasteiger partial charge in [0.1, 0.15) is 6.10 Å². The Hall–Kier alpha value is -1.16. The molecule has 4 nitrogen and oxygen atoms in total. The fraction of sp³-hybridized carbons (Fsp3) is 0.556. The van der Waals surface area contributed by atoms with Crippen molar-refractivity contribution in [1.29, 1.82) is 0 Å². The maximum Gasteiger partial charge on any atom is 0.190 e. The second-order valence-electron chi connectivity index (χ2n) is 3.76. The van der Waals surface area contributed by atoms with Gasteiger partial charge in [-0.3, -0.25) is 4.79 Å². The molecule has 3 aliphatic rings. The van der Waals surface area contributed by atoms with Crippen molar-refractivity contribution >= 4 is 11.5 Å². The van der Waals surface area contributed by atoms with E-state index in [0.29, 0.717) is 0 Å². The fourth-order valence-electron chi connectivity index (χ4n) is 1.98. The summed E-state index contributed by atoms with van der Waals surface area (Å²) in [6.45, 7) is 1.91. The number of carbonyl (C=O) groups is 1. The van der Waals surface area contributed by atoms with E-state index in [1.165, 1.54) is 0 Å². The molecular weight excluding hydrogens is 170 g/mol. The molecule has 68 valence electrons. The third-order valence-electron chi connectivity index (χ3n) is 2.69. The Morgan fingerprint density at radius 1 is 1.69 bits per heavy atom. The Kier molecular flexibility index (Phi) is 1.12. The summed E-state index contributed by atoms with van der Waals surface area (Å²) in [4.78, 5) is 16.5. The zero-order valence-corrected chi connectivity index (χ0v) is 7.19. The number of ether oxygens (including phenoxy) is 1. The average Bonchev–Trinajstić information content (AvgIpc) is 2.83. The van der Waals surface area contributed by atoms with Crippen molar-refractivity contribution in [2.45, 2.75) is 31.2 Å². The highest BCUT2D eigenvalue weighted by Gasteiger charge is 2.62. The summed E-state index contributed by atoms with van der Waals surface area (Å²) in [7, 11) is 0. The summed E-state index contributed by atoms with van der Waals surface area (Å²) in [6, 6.07) is 0. The Morgan fingerprint density at radius 2 is 2.54 bits per heavy atom. The number of rotatable bonds is 0. The lowest BCUT2D eigenvalue weighted by Gasteiger charge is -2.22. The largest absolute Gasteiger partial charge is 0.382 e. The predicted molar refractivity (Wildman–Crippen MR) is 44.4 cm³/mol. The van der Waals surface area contributed by atoms with Crippen molar-refractivity contribution < 1.29 is 14.4 Å². The van der Waals surface area contributed by atoms with E-state index in [0.717, 1.165) is 12.1 Å². The number of fused-ring (bicyclic) bond motifs is 2. The van der Waals surface area contributed by atoms with E-state index in [1.54, 1.807) is 12.2 Å². The van der Waals surface area contributed by atoms with Crippen LogP contribution in [0.5, 0.6) is 0 Å². The number of epoxide rings is 1. The second kappa shape index (κ2) is 2.01. The molecule has 0 aromatic rings. The van der Waals surface area contributed by atoms with Crippen molar-refractivity contribution in [1.82, 2.24) is 0 Å². The normalized spacial score (nSPS) is 45.9. The number of hydrogen-bond donors (Lipinski definition) is 0. The lowest BCUT2D eigenvalue weighted by molar-refractivity contribution is -0.116. The molecule has 0 radical (unpaired) electrons. The topological polar surface area (TPSA) is 51.2 Å². The van der Waals surface area contributed by atoms with Crippen LogP contribution < -0.4 is 0 Å². The SMILES string of the molecule is CC1=NO[C@@]2(C=CC(=O)[C@H]3O[C@H]32)C1. The number of carbonyl (C=O) groups excluding carboxylic acids is 1. The third kappa shape index (κ3) is 0.836. The average molecular weight is 179 g/mol. The monoisotopic (exact) mass is 179 g/mol. The van der Waals surface area contributed by atoms with E-state index in [2.05, 4.69) is 5.16 Å². The van der Waals surface area contributed by atoms with Crippen molar-refractivity contribution in [2.75, 3.05) is 0 Å². The molecule has 0 aromatic heterocycles. The van der Waals surface area contributed by atoms with E-state index < -0.39 is 5.60 Å². The summed E-state index contributed by atoms with van der Waals surface area (Å²) in [6.07, 6.45) is 3.68. The molecule has 0 saturated carbocycles. The van der Waals surface area contributed by atoms with E-state index in [4.69, 9.17) is 9.57 Å². The van der Waals surface area contributed by atoms with Crippen LogP contribution in [0.2, 0.25) is 0 Å². The van der Waals surface area contributed by atoms with Crippen molar-refractivity contribution in [2.24, 2.45) is 5.16 Å². The lowest BCUT2D eigenvalue weighted by Crippen LogP contribution is -2.38. The molecular formula is C9H9NO3. The number of oxime groups is 1. The molecule has 0 unspecified atom stereocenters. The molecule has 3 atom stereocenters. The van der Waals surface area contributed by atoms with Gasteiger partial charge in [-0.25, -0.2) is 0 Å². The van der Waals surface area contributed by atoms with E-state index in [-0.39, 0.29) is 18.0 Å². The van der Waals surface area contributed by atoms with Crippen LogP contribution in [0.25, 0.3) is 0 Å². The highest BCUT2D eigenvalue weighted by molar-refractivity contribution is 5.98. The van der Waals surface area contributed by atoms with E-state index in [1.807, 2.05) is 6.92 Å². The molecule has 0 amide bonds. The van der Waals surface area contributed by atoms with Gasteiger partial charge in [-0.2, -0.15) is 0 Å². The van der Waals surface area contributed by atoms with Gasteiger partial charge in [-0.1, -0.05) is 5.16 Å². The molecule has 0 aromatic carbocycles. The zero-order chi connectivity index (χ0) is 9.05. The molecule has 2 aliphatic heterocycles. The second-order valence-corrected chi connectivity index (χ2v) is 3.76. The van der Waals surface area contributed by atoms with Crippen LogP contribution in [0.1, 0.15) is 13.3 Å². The first kappa shape index (κ1) is 7.26. The van der Waals surface area contributed by atoms with Crippen LogP contribution in [0.4, 0.5) is 0 Å². The van der Waals surface area contributed by atoms with Crippen LogP contribution in [-0.2, 0) is 14.4 Å². The van der Waals surface area contributed by atoms with Crippen LogP contribution >= 0.6 is 0 Å². The molecule has 1 fully saturated rings. The van der Waals surface area contributed by atoms with Gasteiger partial charge in [-0.15, -0.1) is 0 Å². The maximum atomic E-state index is 11.2. The van der Waals surface area contributed by atoms with Crippen LogP contribution in [-0.4, -0.2) is 29.3 Å². The predicted octanol–water partition coefficient (Wildman–Crippen LogP) is 0.428. The number of hydrogen-bond acceptors (Lipinski definition) is 4. The molecule has 1 saturated heterocycles. The standard InChI is InChI=1S/C9H9NO3/c1-5-4-9(13-10-5)3-2-6(11)7-8(9)12-7/h2-3,7-8H,4H2,1H3/t7-,8-,9+/m1/s1. The molecule has 13 heavy (non-hydrogen) atoms. The molecule has 4 heteroatoms. The van der Waals surface area contributed by atoms with Crippen LogP contribution in [0.15, 0.2) is 17.3 Å². The highest BCUT2D eigenvalue weighted by Crippen LogP contribution is 2.44. The van der Waals surface area contributed by atoms with Gasteiger partial charge in [0.15, 0.2) is 17.5 Å². The summed E-state index contributed by atoms with van der Waals surface area (Å²) in [5.41, 5.74) is 0.482. The van der Waals surface area contributed by atoms with Gasteiger partial charge in [0.25, 0.3) is 0 Å². The van der Waals surface area contributed by atoms with Crippen LogP contribution in [0, 0.1) is 0 Å². The number of ketones is 1. The summed E-state index contributed by atoms with van der Waals surface area (Å²) in [5, 5.41) is 3.89. The first-order valence-electron chi connectivity index (χ1n) is 4.31. The maximum absolute atomic E-state index is 11.2. The summed E-state index contributed by atoms with van der Waals surface area (Å²) >= 11 is 0. The minimum atomic E-state index is -0.470. The smallest absolute Gasteiger partial charge is 0.190 e. The first-order valence-corrected chi connectivity index (χ1v) is 4.31. The van der Waals surface area contributed by atoms with E-state index in [9.17, 15) is 4.79 Å². The van der Waals surface area contributed by atoms with Gasteiger partial charge in [0, 0.05) is 6.42 Å². The van der Waals surface area contributed by atoms with Crippen molar-refractivity contribution in [3.63, 3.8) is 0 Å². The molecule has 2 heterocycles. The Bertz CT molecular complexity index is 347. The Balaban J connectivity index is 1.94. The molecule has 0 bridgehead atoms. The first-order chi connectivity index (χ1) is 6.21. The summed E-state index contributed by atoms with van der Waals surface area (Å²) in [5.74, 6) is 0.0452. The van der Waals surface area contributed by atoms with Gasteiger partial charge in [0.2, 0.25) is 0 Å². The van der Waals surface area contributed by atoms with Gasteiger partial charge >= 0.3 is 0 Å². The zero-order valence-electron chi connectivity index (χ0n) is 7.19. The van der Waals surface area contributed by atoms with E-state index >= 15 is 0 Å². The molecule has 1 spiro atoms. The van der Waals surface area contributed by atoms with Crippen molar-refractivity contribution in [3.05, 3.63) is 12.2 Å². The third-order valence-corrected chi connectivity index (χ3v) is 2.69. The van der Waals surface area contributed by atoms with Gasteiger partial charge < -0.3 is 9.57 Å². The van der Waals surface area contributed by atoms with Crippen LogP contribution in [0.3, 0.4) is 0 Å². The molecule has 0 N–H and O–H groups in total. The van der Waals surface area contributed by atoms with Gasteiger partial charge in [0.05, 0.1) is 5.71 Å². The van der Waals surface area contributed by atoms with Gasteiger partial charge in [-0.05, 0) is 19.1 Å². The minimum Gasteiger partial charge on any atom is -0.382 e. The molecule has 3 rings (SSSR count). The lowest BCUT2D eigenvalue weighted by atomic mass is 9.87. The quantitative estimate of drug-likeness (QED) is 0.506. The summed E-state index contributed by atoms with van der Waals surface area (Å²) < 4.78 is 5.27.